The van der Waals surface area contributed by atoms with E-state index in [4.69, 9.17) is 27.2 Å². The number of aliphatic carboxylic acids is 1. The summed E-state index contributed by atoms with van der Waals surface area (Å²) in [6.07, 6.45) is -0.169. The summed E-state index contributed by atoms with van der Waals surface area (Å²) in [5.74, 6) is -1.18. The van der Waals surface area contributed by atoms with E-state index in [0.29, 0.717) is 0 Å². The summed E-state index contributed by atoms with van der Waals surface area (Å²) in [6, 6.07) is -1.10. The number of carboxylic acids is 1. The number of hydrogen-bond donors (Lipinski definition) is 3. The summed E-state index contributed by atoms with van der Waals surface area (Å²) in [4.78, 5) is 13.6. The molecule has 0 aliphatic rings. The lowest BCUT2D eigenvalue weighted by Crippen LogP contribution is -2.30. The Morgan fingerprint density at radius 3 is 2.83 bits per heavy atom. The molecule has 0 unspecified atom stereocenters. The zero-order valence-corrected chi connectivity index (χ0v) is 6.53. The Morgan fingerprint density at radius 1 is 1.83 bits per heavy atom. The lowest BCUT2D eigenvalue weighted by Gasteiger charge is -2.03. The number of rotatable bonds is 5. The van der Waals surface area contributed by atoms with Crippen molar-refractivity contribution in [3.8, 4) is 0 Å². The fourth-order valence-electron chi connectivity index (χ4n) is 0.491. The first kappa shape index (κ1) is 7.61. The monoisotopic (exact) mass is 171 g/mol. The normalized spacial score (nSPS) is 17.9. The van der Waals surface area contributed by atoms with Crippen molar-refractivity contribution in [1.82, 2.24) is 0 Å². The Balaban J connectivity index is 4.12. The van der Waals surface area contributed by atoms with Crippen LogP contribution in [0.3, 0.4) is 0 Å². The SMILES string of the molecule is [2H]C([2H])(CC[C@H](N)C(=O)O)N=C([B])N. The van der Waals surface area contributed by atoms with Crippen LogP contribution in [0.2, 0.25) is 0 Å². The number of aliphatic imine (C=N–C) groups is 1. The van der Waals surface area contributed by atoms with Crippen molar-refractivity contribution in [2.24, 2.45) is 16.5 Å². The van der Waals surface area contributed by atoms with E-state index in [1.54, 1.807) is 0 Å². The summed E-state index contributed by atoms with van der Waals surface area (Å²) >= 11 is 0. The molecule has 0 rings (SSSR count). The van der Waals surface area contributed by atoms with E-state index in [0.717, 1.165) is 0 Å². The Kier molecular flexibility index (Phi) is 3.55. The van der Waals surface area contributed by atoms with Gasteiger partial charge in [-0.1, -0.05) is 0 Å². The molecular weight excluding hydrogens is 157 g/mol. The van der Waals surface area contributed by atoms with Crippen molar-refractivity contribution in [1.29, 1.82) is 0 Å². The van der Waals surface area contributed by atoms with Gasteiger partial charge in [-0.3, -0.25) is 9.79 Å². The second kappa shape index (κ2) is 5.59. The molecule has 0 aromatic rings. The number of carboxylic acid groups (broad SMARTS) is 1. The Hall–Kier alpha value is -1.04. The highest BCUT2D eigenvalue weighted by Gasteiger charge is 2.09. The largest absolute Gasteiger partial charge is 0.480 e. The summed E-state index contributed by atoms with van der Waals surface area (Å²) < 4.78 is 14.5. The van der Waals surface area contributed by atoms with E-state index in [1.165, 1.54) is 0 Å². The Bertz CT molecular complexity index is 243. The molecule has 0 aliphatic heterocycles. The van der Waals surface area contributed by atoms with Gasteiger partial charge in [-0.2, -0.15) is 0 Å². The average Bonchev–Trinajstić information content (AvgIpc) is 1.97. The minimum atomic E-state index is -1.97. The van der Waals surface area contributed by atoms with Crippen LogP contribution in [0.4, 0.5) is 0 Å². The molecule has 0 saturated carbocycles. The van der Waals surface area contributed by atoms with Crippen molar-refractivity contribution in [3.63, 3.8) is 0 Å². The maximum atomic E-state index is 10.3. The van der Waals surface area contributed by atoms with Gasteiger partial charge in [0.25, 0.3) is 0 Å². The molecule has 1 atom stereocenters. The molecule has 66 valence electrons. The molecule has 0 amide bonds. The van der Waals surface area contributed by atoms with Crippen LogP contribution in [0.25, 0.3) is 0 Å². The zero-order valence-electron chi connectivity index (χ0n) is 8.53. The van der Waals surface area contributed by atoms with E-state index >= 15 is 0 Å². The van der Waals surface area contributed by atoms with Gasteiger partial charge in [0.05, 0.1) is 2.74 Å². The van der Waals surface area contributed by atoms with Crippen molar-refractivity contribution in [2.45, 2.75) is 18.9 Å². The second-order valence-corrected chi connectivity index (χ2v) is 2.18. The predicted molar refractivity (Wildman–Crippen MR) is 47.1 cm³/mol. The number of carbonyl (C=O) groups is 1. The molecule has 0 aromatic carbocycles. The van der Waals surface area contributed by atoms with Crippen LogP contribution in [0, 0.1) is 0 Å². The fraction of sp³-hybridized carbons (Fsp3) is 0.667. The van der Waals surface area contributed by atoms with Gasteiger partial charge in [-0.05, 0) is 12.8 Å². The van der Waals surface area contributed by atoms with Gasteiger partial charge < -0.3 is 16.6 Å². The smallest absolute Gasteiger partial charge is 0.320 e. The van der Waals surface area contributed by atoms with Crippen molar-refractivity contribution in [2.75, 3.05) is 6.50 Å². The average molecular weight is 171 g/mol. The highest BCUT2D eigenvalue weighted by atomic mass is 16.4. The molecule has 0 fully saturated rings. The zero-order chi connectivity index (χ0) is 11.4. The van der Waals surface area contributed by atoms with Gasteiger partial charge >= 0.3 is 5.97 Å². The quantitative estimate of drug-likeness (QED) is 0.270. The van der Waals surface area contributed by atoms with Crippen molar-refractivity contribution >= 4 is 19.6 Å². The highest BCUT2D eigenvalue weighted by Crippen LogP contribution is 1.94. The minimum absolute atomic E-state index is 0.0287. The van der Waals surface area contributed by atoms with Gasteiger partial charge in [-0.15, -0.1) is 0 Å². The lowest BCUT2D eigenvalue weighted by atomic mass is 10.1. The lowest BCUT2D eigenvalue weighted by molar-refractivity contribution is -0.138. The topological polar surface area (TPSA) is 102 Å². The molecule has 0 aliphatic carbocycles. The van der Waals surface area contributed by atoms with Gasteiger partial charge in [-0.25, -0.2) is 0 Å². The molecule has 12 heavy (non-hydrogen) atoms. The fourth-order valence-corrected chi connectivity index (χ4v) is 0.491. The summed E-state index contributed by atoms with van der Waals surface area (Å²) in [7, 11) is 4.98. The number of amidine groups is 1. The van der Waals surface area contributed by atoms with Crippen LogP contribution < -0.4 is 11.5 Å². The van der Waals surface area contributed by atoms with E-state index in [-0.39, 0.29) is 18.6 Å². The van der Waals surface area contributed by atoms with Gasteiger partial charge in [0.15, 0.2) is 7.85 Å². The molecule has 0 aromatic heterocycles. The third-order valence-electron chi connectivity index (χ3n) is 1.09. The predicted octanol–water partition coefficient (Wildman–Crippen LogP) is -1.34. The van der Waals surface area contributed by atoms with E-state index in [2.05, 4.69) is 4.99 Å². The standard InChI is InChI=1S/C6H12BN3O2/c7-6(9)10-3-1-2-4(8)5(11)12/h4H,1-3,8H2,(H2,9,10)(H,11,12)/t4-/m0/s1/i3D2. The number of nitrogens with two attached hydrogens (primary N) is 2. The van der Waals surface area contributed by atoms with Gasteiger partial charge in [0.1, 0.15) is 6.04 Å². The van der Waals surface area contributed by atoms with E-state index in [1.807, 2.05) is 0 Å². The molecule has 5 N–H and O–H groups in total. The van der Waals surface area contributed by atoms with Crippen LogP contribution in [-0.2, 0) is 4.79 Å². The number of hydrogen-bond acceptors (Lipinski definition) is 3. The summed E-state index contributed by atoms with van der Waals surface area (Å²) in [5.41, 5.74) is 9.79. The molecule has 0 saturated heterocycles. The molecule has 0 heterocycles. The van der Waals surface area contributed by atoms with E-state index in [9.17, 15) is 4.79 Å². The molecular formula is C6H12BN3O2. The highest BCUT2D eigenvalue weighted by molar-refractivity contribution is 6.58. The second-order valence-electron chi connectivity index (χ2n) is 2.18. The number of nitrogens with zero attached hydrogens (tertiary/aromatic N) is 1. The molecule has 6 heteroatoms. The summed E-state index contributed by atoms with van der Waals surface area (Å²) in [5, 5.41) is 8.43. The molecule has 5 nitrogen and oxygen atoms in total. The van der Waals surface area contributed by atoms with Crippen LogP contribution in [0.5, 0.6) is 0 Å². The van der Waals surface area contributed by atoms with Crippen LogP contribution in [0.1, 0.15) is 15.6 Å². The van der Waals surface area contributed by atoms with Crippen LogP contribution >= 0.6 is 0 Å². The van der Waals surface area contributed by atoms with Gasteiger partial charge in [0, 0.05) is 12.2 Å². The maximum Gasteiger partial charge on any atom is 0.320 e. The minimum Gasteiger partial charge on any atom is -0.480 e. The van der Waals surface area contributed by atoms with Crippen molar-refractivity contribution in [3.05, 3.63) is 0 Å². The first-order chi connectivity index (χ1) is 6.24. The maximum absolute atomic E-state index is 10.3. The van der Waals surface area contributed by atoms with Gasteiger partial charge in [0.2, 0.25) is 0 Å². The van der Waals surface area contributed by atoms with E-state index < -0.39 is 18.5 Å². The third kappa shape index (κ3) is 5.73. The molecule has 0 bridgehead atoms. The first-order valence-electron chi connectivity index (χ1n) is 4.34. The third-order valence-corrected chi connectivity index (χ3v) is 1.09. The van der Waals surface area contributed by atoms with Crippen molar-refractivity contribution < 1.29 is 12.6 Å². The summed E-state index contributed by atoms with van der Waals surface area (Å²) in [6.45, 7) is -1.97. The molecule has 2 radical (unpaired) electrons. The van der Waals surface area contributed by atoms with Crippen LogP contribution in [-0.4, -0.2) is 37.2 Å². The van der Waals surface area contributed by atoms with Crippen LogP contribution in [0.15, 0.2) is 4.99 Å². The molecule has 0 spiro atoms. The Morgan fingerprint density at radius 2 is 2.42 bits per heavy atom. The first-order valence-corrected chi connectivity index (χ1v) is 3.34. The Labute approximate surface area is 75.1 Å².